The Morgan fingerprint density at radius 2 is 1.77 bits per heavy atom. The number of anilines is 1. The average molecular weight is 522 g/mol. The number of aryl methyl sites for hydroxylation is 1. The first kappa shape index (κ1) is 24.6. The molecule has 0 unspecified atom stereocenters. The molecule has 39 heavy (non-hydrogen) atoms. The van der Waals surface area contributed by atoms with Gasteiger partial charge in [0.25, 0.3) is 0 Å². The molecule has 0 fully saturated rings. The van der Waals surface area contributed by atoms with E-state index in [9.17, 15) is 4.39 Å². The SMILES string of the molecule is CCc1cncc(-c2ccc3[nH]nc(-c4nc5c(-c6cc(F)cc(NCCN(C)C)c6)cncc5[nH]4)c3n2)c1. The summed E-state index contributed by atoms with van der Waals surface area (Å²) in [6, 6.07) is 10.9. The largest absolute Gasteiger partial charge is 0.384 e. The minimum absolute atomic E-state index is 0.329. The number of halogens is 1. The zero-order valence-corrected chi connectivity index (χ0v) is 22.0. The molecule has 0 amide bonds. The highest BCUT2D eigenvalue weighted by Crippen LogP contribution is 2.32. The lowest BCUT2D eigenvalue weighted by atomic mass is 10.1. The predicted octanol–water partition coefficient (Wildman–Crippen LogP) is 5.30. The van der Waals surface area contributed by atoms with Crippen LogP contribution in [0.5, 0.6) is 0 Å². The highest BCUT2D eigenvalue weighted by Gasteiger charge is 2.18. The summed E-state index contributed by atoms with van der Waals surface area (Å²) in [4.78, 5) is 23.9. The molecule has 0 aliphatic carbocycles. The number of benzene rings is 1. The van der Waals surface area contributed by atoms with Crippen molar-refractivity contribution >= 4 is 27.8 Å². The second-order valence-electron chi connectivity index (χ2n) is 9.73. The van der Waals surface area contributed by atoms with Crippen LogP contribution in [0.1, 0.15) is 12.5 Å². The van der Waals surface area contributed by atoms with Crippen LogP contribution in [0, 0.1) is 5.82 Å². The van der Waals surface area contributed by atoms with Crippen LogP contribution in [0.3, 0.4) is 0 Å². The van der Waals surface area contributed by atoms with Gasteiger partial charge in [-0.15, -0.1) is 0 Å². The van der Waals surface area contributed by atoms with Crippen molar-refractivity contribution in [2.75, 3.05) is 32.5 Å². The smallest absolute Gasteiger partial charge is 0.161 e. The number of H-pyrrole nitrogens is 2. The van der Waals surface area contributed by atoms with E-state index in [1.54, 1.807) is 12.4 Å². The van der Waals surface area contributed by atoms with E-state index in [4.69, 9.17) is 9.97 Å². The number of nitrogens with zero attached hydrogens (tertiary/aromatic N) is 6. The third-order valence-electron chi connectivity index (χ3n) is 6.62. The maximum Gasteiger partial charge on any atom is 0.161 e. The second kappa shape index (κ2) is 10.2. The Hall–Kier alpha value is -4.70. The fourth-order valence-corrected chi connectivity index (χ4v) is 4.57. The van der Waals surface area contributed by atoms with Crippen molar-refractivity contribution in [1.82, 2.24) is 40.0 Å². The van der Waals surface area contributed by atoms with Gasteiger partial charge in [-0.2, -0.15) is 5.10 Å². The van der Waals surface area contributed by atoms with Gasteiger partial charge in [-0.1, -0.05) is 6.92 Å². The molecule has 5 aromatic heterocycles. The molecule has 10 heteroatoms. The molecule has 0 aliphatic rings. The molecule has 0 atom stereocenters. The number of aromatic nitrogens is 7. The number of rotatable bonds is 8. The summed E-state index contributed by atoms with van der Waals surface area (Å²) in [5.41, 5.74) is 8.50. The van der Waals surface area contributed by atoms with Crippen molar-refractivity contribution in [2.45, 2.75) is 13.3 Å². The minimum Gasteiger partial charge on any atom is -0.384 e. The molecule has 0 bridgehead atoms. The lowest BCUT2D eigenvalue weighted by Gasteiger charge is -2.12. The second-order valence-corrected chi connectivity index (χ2v) is 9.73. The Balaban J connectivity index is 1.40. The number of hydrogen-bond donors (Lipinski definition) is 3. The Morgan fingerprint density at radius 3 is 2.62 bits per heavy atom. The zero-order chi connectivity index (χ0) is 26.9. The molecule has 6 aromatic rings. The van der Waals surface area contributed by atoms with Gasteiger partial charge in [-0.3, -0.25) is 15.1 Å². The van der Waals surface area contributed by atoms with E-state index in [2.05, 4.69) is 48.4 Å². The number of imidazole rings is 1. The fraction of sp³-hybridized carbons (Fsp3) is 0.207. The number of likely N-dealkylation sites (N-methyl/N-ethyl adjacent to an activating group) is 1. The topological polar surface area (TPSA) is 111 Å². The van der Waals surface area contributed by atoms with Crippen LogP contribution in [-0.4, -0.2) is 67.2 Å². The van der Waals surface area contributed by atoms with Gasteiger partial charge in [0.1, 0.15) is 11.3 Å². The van der Waals surface area contributed by atoms with Crippen LogP contribution in [-0.2, 0) is 6.42 Å². The normalized spacial score (nSPS) is 11.6. The van der Waals surface area contributed by atoms with Crippen LogP contribution < -0.4 is 5.32 Å². The van der Waals surface area contributed by atoms with E-state index < -0.39 is 0 Å². The van der Waals surface area contributed by atoms with Crippen LogP contribution in [0.15, 0.2) is 61.2 Å². The molecule has 9 nitrogen and oxygen atoms in total. The Kier molecular flexibility index (Phi) is 6.45. The van der Waals surface area contributed by atoms with E-state index >= 15 is 0 Å². The van der Waals surface area contributed by atoms with Crippen molar-refractivity contribution in [1.29, 1.82) is 0 Å². The highest BCUT2D eigenvalue weighted by atomic mass is 19.1. The number of aromatic amines is 2. The van der Waals surface area contributed by atoms with Crippen molar-refractivity contribution < 1.29 is 4.39 Å². The average Bonchev–Trinajstić information content (AvgIpc) is 3.56. The lowest BCUT2D eigenvalue weighted by Crippen LogP contribution is -2.20. The molecule has 6 rings (SSSR count). The molecule has 3 N–H and O–H groups in total. The van der Waals surface area contributed by atoms with Crippen molar-refractivity contribution in [2.24, 2.45) is 0 Å². The minimum atomic E-state index is -0.329. The zero-order valence-electron chi connectivity index (χ0n) is 22.0. The first-order valence-electron chi connectivity index (χ1n) is 12.8. The monoisotopic (exact) mass is 521 g/mol. The van der Waals surface area contributed by atoms with Crippen LogP contribution in [0.4, 0.5) is 10.1 Å². The van der Waals surface area contributed by atoms with Gasteiger partial charge in [0, 0.05) is 48.5 Å². The summed E-state index contributed by atoms with van der Waals surface area (Å²) in [5, 5.41) is 10.9. The summed E-state index contributed by atoms with van der Waals surface area (Å²) in [7, 11) is 4.00. The molecule has 0 saturated heterocycles. The highest BCUT2D eigenvalue weighted by molar-refractivity contribution is 5.96. The number of fused-ring (bicyclic) bond motifs is 2. The van der Waals surface area contributed by atoms with Crippen molar-refractivity contribution in [3.8, 4) is 33.9 Å². The Labute approximate surface area is 224 Å². The van der Waals surface area contributed by atoms with E-state index in [1.165, 1.54) is 12.1 Å². The van der Waals surface area contributed by atoms with Crippen molar-refractivity contribution in [3.05, 3.63) is 72.6 Å². The molecule has 5 heterocycles. The van der Waals surface area contributed by atoms with Crippen LogP contribution in [0.2, 0.25) is 0 Å². The maximum atomic E-state index is 14.6. The van der Waals surface area contributed by atoms with Gasteiger partial charge >= 0.3 is 0 Å². The first-order chi connectivity index (χ1) is 19.0. The molecular formula is C29H28FN9. The molecule has 0 spiro atoms. The van der Waals surface area contributed by atoms with Gasteiger partial charge in [-0.25, -0.2) is 14.4 Å². The van der Waals surface area contributed by atoms with Gasteiger partial charge < -0.3 is 15.2 Å². The molecule has 0 saturated carbocycles. The summed E-state index contributed by atoms with van der Waals surface area (Å²) < 4.78 is 14.6. The maximum absolute atomic E-state index is 14.6. The van der Waals surface area contributed by atoms with E-state index in [-0.39, 0.29) is 5.82 Å². The van der Waals surface area contributed by atoms with Crippen LogP contribution >= 0.6 is 0 Å². The molecule has 0 aliphatic heterocycles. The lowest BCUT2D eigenvalue weighted by molar-refractivity contribution is 0.425. The van der Waals surface area contributed by atoms with Gasteiger partial charge in [-0.05, 0) is 68.0 Å². The van der Waals surface area contributed by atoms with E-state index in [1.807, 2.05) is 44.7 Å². The molecule has 0 radical (unpaired) electrons. The third-order valence-corrected chi connectivity index (χ3v) is 6.62. The summed E-state index contributed by atoms with van der Waals surface area (Å²) >= 11 is 0. The summed E-state index contributed by atoms with van der Waals surface area (Å²) in [6.45, 7) is 3.63. The number of nitrogens with one attached hydrogen (secondary N) is 3. The third kappa shape index (κ3) is 4.94. The number of pyridine rings is 3. The predicted molar refractivity (Wildman–Crippen MR) is 152 cm³/mol. The summed E-state index contributed by atoms with van der Waals surface area (Å²) in [6.07, 6.45) is 7.99. The Morgan fingerprint density at radius 1 is 0.897 bits per heavy atom. The quantitative estimate of drug-likeness (QED) is 0.249. The summed E-state index contributed by atoms with van der Waals surface area (Å²) in [5.74, 6) is 0.223. The Bertz CT molecular complexity index is 1790. The molecular weight excluding hydrogens is 493 g/mol. The molecule has 1 aromatic carbocycles. The van der Waals surface area contributed by atoms with Gasteiger partial charge in [0.05, 0.1) is 28.4 Å². The molecule has 196 valence electrons. The van der Waals surface area contributed by atoms with Crippen LogP contribution in [0.25, 0.3) is 56.0 Å². The van der Waals surface area contributed by atoms with E-state index in [0.29, 0.717) is 40.3 Å². The first-order valence-corrected chi connectivity index (χ1v) is 12.8. The van der Waals surface area contributed by atoms with Crippen molar-refractivity contribution in [3.63, 3.8) is 0 Å². The fourth-order valence-electron chi connectivity index (χ4n) is 4.57. The van der Waals surface area contributed by atoms with Gasteiger partial charge in [0.15, 0.2) is 11.5 Å². The number of hydrogen-bond acceptors (Lipinski definition) is 7. The van der Waals surface area contributed by atoms with Gasteiger partial charge in [0.2, 0.25) is 0 Å². The standard InChI is InChI=1S/C29H28FN9/c1-4-17-9-19(14-31-13-17)23-5-6-24-27(34-23)28(38-37-24)29-35-25-16-32-15-22(26(25)36-29)18-10-20(30)12-21(11-18)33-7-8-39(2)3/h5-6,9-16,33H,4,7-8H2,1-3H3,(H,35,36)(H,37,38). The van der Waals surface area contributed by atoms with E-state index in [0.717, 1.165) is 46.4 Å².